The largest absolute Gasteiger partial charge is 0.207 e. The Morgan fingerprint density at radius 2 is 1.91 bits per heavy atom. The first-order chi connectivity index (χ1) is 5.11. The molecule has 0 bridgehead atoms. The van der Waals surface area contributed by atoms with E-state index >= 15 is 0 Å². The fourth-order valence-electron chi connectivity index (χ4n) is 0.682. The van der Waals surface area contributed by atoms with Gasteiger partial charge in [-0.05, 0) is 23.8 Å². The highest BCUT2D eigenvalue weighted by Gasteiger charge is 2.07. The molecule has 0 aliphatic carbocycles. The lowest BCUT2D eigenvalue weighted by Crippen LogP contribution is -1.84. The van der Waals surface area contributed by atoms with Crippen LogP contribution in [0.4, 0.5) is 4.39 Å². The van der Waals surface area contributed by atoms with Gasteiger partial charge < -0.3 is 0 Å². The fraction of sp³-hybridized carbons (Fsp3) is 0.143. The zero-order valence-corrected chi connectivity index (χ0v) is 10.1. The van der Waals surface area contributed by atoms with Crippen LogP contribution in [0.25, 0.3) is 0 Å². The zero-order valence-electron chi connectivity index (χ0n) is 5.32. The third kappa shape index (κ3) is 2.53. The molecule has 0 N–H and O–H groups in total. The molecule has 0 amide bonds. The van der Waals surface area contributed by atoms with Crippen molar-refractivity contribution in [3.63, 3.8) is 0 Å². The lowest BCUT2D eigenvalue weighted by atomic mass is 10.2. The van der Waals surface area contributed by atoms with Crippen molar-refractivity contribution in [3.05, 3.63) is 34.1 Å². The van der Waals surface area contributed by atoms with E-state index in [-0.39, 0.29) is 9.55 Å². The Morgan fingerprint density at radius 1 is 1.27 bits per heavy atom. The summed E-state index contributed by atoms with van der Waals surface area (Å²) in [4.78, 5) is 0. The summed E-state index contributed by atoms with van der Waals surface area (Å²) in [5, 5.41) is 0. The van der Waals surface area contributed by atoms with Crippen molar-refractivity contribution in [3.8, 4) is 0 Å². The smallest absolute Gasteiger partial charge is 0.123 e. The molecule has 4 heteroatoms. The maximum atomic E-state index is 12.6. The molecule has 1 aromatic rings. The number of alkyl halides is 2. The maximum absolute atomic E-state index is 12.6. The molecular weight excluding hydrogens is 343 g/mol. The quantitative estimate of drug-likeness (QED) is 0.662. The van der Waals surface area contributed by atoms with Crippen molar-refractivity contribution >= 4 is 47.8 Å². The van der Waals surface area contributed by atoms with Gasteiger partial charge in [0.15, 0.2) is 0 Å². The number of rotatable bonds is 1. The highest BCUT2D eigenvalue weighted by Crippen LogP contribution is 2.34. The molecule has 0 saturated carbocycles. The Balaban J connectivity index is 3.13. The first-order valence-electron chi connectivity index (χ1n) is 2.84. The molecule has 1 aromatic carbocycles. The standard InChI is InChI=1S/C7H4Br3F/c8-6-2-1-4(11)3-5(6)7(9)10/h1-3,7H. The summed E-state index contributed by atoms with van der Waals surface area (Å²) in [6, 6.07) is 4.56. The van der Waals surface area contributed by atoms with Crippen LogP contribution in [0, 0.1) is 5.82 Å². The monoisotopic (exact) mass is 344 g/mol. The second kappa shape index (κ2) is 4.01. The van der Waals surface area contributed by atoms with Gasteiger partial charge in [0.2, 0.25) is 0 Å². The summed E-state index contributed by atoms with van der Waals surface area (Å²) >= 11 is 9.88. The molecule has 60 valence electrons. The molecule has 0 saturated heterocycles. The Kier molecular flexibility index (Phi) is 3.52. The molecule has 0 atom stereocenters. The van der Waals surface area contributed by atoms with Gasteiger partial charge in [-0.25, -0.2) is 4.39 Å². The molecule has 0 nitrogen and oxygen atoms in total. The van der Waals surface area contributed by atoms with Gasteiger partial charge in [0, 0.05) is 4.47 Å². The van der Waals surface area contributed by atoms with Crippen LogP contribution in [0.1, 0.15) is 9.30 Å². The summed E-state index contributed by atoms with van der Waals surface area (Å²) in [6.45, 7) is 0. The van der Waals surface area contributed by atoms with Crippen LogP contribution in [0.3, 0.4) is 0 Å². The van der Waals surface area contributed by atoms with Gasteiger partial charge in [-0.2, -0.15) is 0 Å². The van der Waals surface area contributed by atoms with Gasteiger partial charge in [0.1, 0.15) is 5.82 Å². The van der Waals surface area contributed by atoms with Gasteiger partial charge >= 0.3 is 0 Å². The van der Waals surface area contributed by atoms with Crippen LogP contribution in [-0.4, -0.2) is 0 Å². The number of halogens is 4. The van der Waals surface area contributed by atoms with Crippen LogP contribution in [0.2, 0.25) is 0 Å². The van der Waals surface area contributed by atoms with Gasteiger partial charge in [-0.15, -0.1) is 0 Å². The van der Waals surface area contributed by atoms with E-state index in [4.69, 9.17) is 0 Å². The third-order valence-electron chi connectivity index (χ3n) is 1.19. The van der Waals surface area contributed by atoms with Crippen molar-refractivity contribution in [2.75, 3.05) is 0 Å². The first-order valence-corrected chi connectivity index (χ1v) is 5.47. The zero-order chi connectivity index (χ0) is 8.43. The number of hydrogen-bond donors (Lipinski definition) is 0. The normalized spacial score (nSPS) is 10.6. The van der Waals surface area contributed by atoms with Crippen LogP contribution in [-0.2, 0) is 0 Å². The van der Waals surface area contributed by atoms with Gasteiger partial charge in [-0.1, -0.05) is 47.8 Å². The number of benzene rings is 1. The van der Waals surface area contributed by atoms with E-state index in [0.717, 1.165) is 10.0 Å². The molecular formula is C7H4Br3F. The Morgan fingerprint density at radius 3 is 2.36 bits per heavy atom. The average Bonchev–Trinajstić information content (AvgIpc) is 1.94. The second-order valence-corrected chi connectivity index (χ2v) is 5.88. The van der Waals surface area contributed by atoms with E-state index < -0.39 is 0 Å². The van der Waals surface area contributed by atoms with Crippen molar-refractivity contribution in [2.24, 2.45) is 0 Å². The predicted molar refractivity (Wildman–Crippen MR) is 54.7 cm³/mol. The highest BCUT2D eigenvalue weighted by molar-refractivity contribution is 9.24. The van der Waals surface area contributed by atoms with Gasteiger partial charge in [0.05, 0.1) is 3.74 Å². The minimum atomic E-state index is -0.230. The SMILES string of the molecule is Fc1ccc(Br)c(C(Br)Br)c1. The molecule has 0 aliphatic rings. The molecule has 0 aliphatic heterocycles. The third-order valence-corrected chi connectivity index (χ3v) is 2.90. The van der Waals surface area contributed by atoms with Crippen molar-refractivity contribution in [1.82, 2.24) is 0 Å². The van der Waals surface area contributed by atoms with Crippen LogP contribution in [0.15, 0.2) is 22.7 Å². The summed E-state index contributed by atoms with van der Waals surface area (Å²) in [5.74, 6) is -0.230. The Hall–Kier alpha value is 0.590. The second-order valence-electron chi connectivity index (χ2n) is 1.97. The molecule has 11 heavy (non-hydrogen) atoms. The first kappa shape index (κ1) is 9.68. The summed E-state index contributed by atoms with van der Waals surface area (Å²) in [6.07, 6.45) is 0. The average molecular weight is 347 g/mol. The topological polar surface area (TPSA) is 0 Å². The van der Waals surface area contributed by atoms with Crippen molar-refractivity contribution in [2.45, 2.75) is 3.74 Å². The van der Waals surface area contributed by atoms with Crippen molar-refractivity contribution in [1.29, 1.82) is 0 Å². The molecule has 1 rings (SSSR count). The minimum absolute atomic E-state index is 0.0138. The van der Waals surface area contributed by atoms with E-state index in [2.05, 4.69) is 47.8 Å². The lowest BCUT2D eigenvalue weighted by Gasteiger charge is -2.04. The highest BCUT2D eigenvalue weighted by atomic mass is 79.9. The summed E-state index contributed by atoms with van der Waals surface area (Å²) in [5.41, 5.74) is 0.852. The summed E-state index contributed by atoms with van der Waals surface area (Å²) < 4.78 is 13.5. The van der Waals surface area contributed by atoms with E-state index in [1.807, 2.05) is 0 Å². The molecule has 0 spiro atoms. The van der Waals surface area contributed by atoms with E-state index in [0.29, 0.717) is 0 Å². The predicted octanol–water partition coefficient (Wildman–Crippen LogP) is 4.38. The maximum Gasteiger partial charge on any atom is 0.123 e. The minimum Gasteiger partial charge on any atom is -0.207 e. The summed E-state index contributed by atoms with van der Waals surface area (Å²) in [7, 11) is 0. The molecule has 0 radical (unpaired) electrons. The lowest BCUT2D eigenvalue weighted by molar-refractivity contribution is 0.626. The Labute approximate surface area is 89.6 Å². The number of hydrogen-bond acceptors (Lipinski definition) is 0. The van der Waals surface area contributed by atoms with Gasteiger partial charge in [0.25, 0.3) is 0 Å². The van der Waals surface area contributed by atoms with Crippen LogP contribution >= 0.6 is 47.8 Å². The fourth-order valence-corrected chi connectivity index (χ4v) is 2.53. The van der Waals surface area contributed by atoms with Crippen LogP contribution in [0.5, 0.6) is 0 Å². The molecule has 0 heterocycles. The molecule has 0 fully saturated rings. The Bertz CT molecular complexity index is 260. The van der Waals surface area contributed by atoms with Crippen molar-refractivity contribution < 1.29 is 4.39 Å². The molecule has 0 unspecified atom stereocenters. The molecule has 0 aromatic heterocycles. The van der Waals surface area contributed by atoms with E-state index in [9.17, 15) is 4.39 Å². The van der Waals surface area contributed by atoms with Gasteiger partial charge in [-0.3, -0.25) is 0 Å². The van der Waals surface area contributed by atoms with E-state index in [1.165, 1.54) is 12.1 Å². The van der Waals surface area contributed by atoms with E-state index in [1.54, 1.807) is 6.07 Å². The van der Waals surface area contributed by atoms with Crippen LogP contribution < -0.4 is 0 Å².